The normalized spacial score (nSPS) is 11.4. The van der Waals surface area contributed by atoms with Gasteiger partial charge in [-0.2, -0.15) is 14.6 Å². The van der Waals surface area contributed by atoms with Crippen molar-refractivity contribution in [2.45, 2.75) is 32.2 Å². The van der Waals surface area contributed by atoms with Crippen LogP contribution < -0.4 is 11.2 Å². The van der Waals surface area contributed by atoms with Gasteiger partial charge in [-0.05, 0) is 25.0 Å². The molecule has 0 aliphatic carbocycles. The van der Waals surface area contributed by atoms with Gasteiger partial charge in [0.15, 0.2) is 17.1 Å². The molecule has 4 rings (SSSR count). The molecule has 0 saturated carbocycles. The maximum atomic E-state index is 11.0. The average molecular weight is 370 g/mol. The lowest BCUT2D eigenvalue weighted by Crippen LogP contribution is -2.17. The van der Waals surface area contributed by atoms with Crippen LogP contribution in [0.5, 0.6) is 0 Å². The molecule has 11 nitrogen and oxygen atoms in total. The van der Waals surface area contributed by atoms with Gasteiger partial charge in [0.2, 0.25) is 17.7 Å². The summed E-state index contributed by atoms with van der Waals surface area (Å²) in [5, 5.41) is 18.0. The smallest absolute Gasteiger partial charge is 0.243 e. The number of hydrogen-bond donors (Lipinski definition) is 3. The summed E-state index contributed by atoms with van der Waals surface area (Å²) in [6.45, 7) is 0.631. The lowest BCUT2D eigenvalue weighted by molar-refractivity contribution is -0.129. The Hall–Kier alpha value is -3.47. The number of nitrogens with two attached hydrogens (primary N) is 1. The fourth-order valence-electron chi connectivity index (χ4n) is 2.91. The monoisotopic (exact) mass is 370 g/mol. The van der Waals surface area contributed by atoms with Crippen molar-refractivity contribution < 1.29 is 14.4 Å². The SMILES string of the molecule is Nc1nc2c(cnn2CCCCCC(=O)NO)c2nc(-c3ccco3)nn12. The number of hydroxylamine groups is 1. The second kappa shape index (κ2) is 7.03. The van der Waals surface area contributed by atoms with Crippen molar-refractivity contribution >= 4 is 28.5 Å². The number of amides is 1. The van der Waals surface area contributed by atoms with Gasteiger partial charge in [0, 0.05) is 13.0 Å². The van der Waals surface area contributed by atoms with Gasteiger partial charge in [-0.3, -0.25) is 10.0 Å². The molecule has 4 N–H and O–H groups in total. The Kier molecular flexibility index (Phi) is 4.42. The molecule has 0 bridgehead atoms. The molecule has 4 aromatic rings. The minimum Gasteiger partial charge on any atom is -0.461 e. The highest BCUT2D eigenvalue weighted by molar-refractivity contribution is 5.90. The highest BCUT2D eigenvalue weighted by atomic mass is 16.5. The number of nitrogens with one attached hydrogen (secondary N) is 1. The third-order valence-corrected chi connectivity index (χ3v) is 4.24. The molecule has 11 heteroatoms. The largest absolute Gasteiger partial charge is 0.461 e. The van der Waals surface area contributed by atoms with Crippen LogP contribution in [0.15, 0.2) is 29.0 Å². The van der Waals surface area contributed by atoms with E-state index in [1.165, 1.54) is 4.52 Å². The number of nitrogens with zero attached hydrogens (tertiary/aromatic N) is 6. The number of aromatic nitrogens is 6. The summed E-state index contributed by atoms with van der Waals surface area (Å²) in [5.74, 6) is 0.807. The van der Waals surface area contributed by atoms with Crippen molar-refractivity contribution in [2.75, 3.05) is 5.73 Å². The Bertz CT molecular complexity index is 1080. The highest BCUT2D eigenvalue weighted by Crippen LogP contribution is 2.23. The average Bonchev–Trinajstić information content (AvgIpc) is 3.40. The first-order valence-electron chi connectivity index (χ1n) is 8.52. The zero-order valence-corrected chi connectivity index (χ0v) is 14.4. The molecule has 0 unspecified atom stereocenters. The Morgan fingerprint density at radius 2 is 2.15 bits per heavy atom. The fraction of sp³-hybridized carbons (Fsp3) is 0.312. The van der Waals surface area contributed by atoms with Crippen molar-refractivity contribution in [1.82, 2.24) is 34.8 Å². The molecular formula is C16H18N8O3. The summed E-state index contributed by atoms with van der Waals surface area (Å²) in [4.78, 5) is 19.9. The Morgan fingerprint density at radius 3 is 2.93 bits per heavy atom. The molecule has 4 aromatic heterocycles. The minimum absolute atomic E-state index is 0.212. The van der Waals surface area contributed by atoms with Gasteiger partial charge in [-0.1, -0.05) is 6.42 Å². The molecule has 27 heavy (non-hydrogen) atoms. The second-order valence-electron chi connectivity index (χ2n) is 6.07. The van der Waals surface area contributed by atoms with E-state index in [0.717, 1.165) is 18.2 Å². The van der Waals surface area contributed by atoms with Crippen LogP contribution in [0.4, 0.5) is 5.95 Å². The predicted molar refractivity (Wildman–Crippen MR) is 94.6 cm³/mol. The van der Waals surface area contributed by atoms with Crippen molar-refractivity contribution in [3.05, 3.63) is 24.6 Å². The molecule has 0 atom stereocenters. The molecule has 0 saturated heterocycles. The number of nitrogen functional groups attached to an aromatic ring is 1. The van der Waals surface area contributed by atoms with E-state index in [1.54, 1.807) is 34.8 Å². The zero-order chi connectivity index (χ0) is 18.8. The number of fused-ring (bicyclic) bond motifs is 3. The number of anilines is 1. The molecule has 0 radical (unpaired) electrons. The van der Waals surface area contributed by atoms with E-state index in [0.29, 0.717) is 35.8 Å². The fourth-order valence-corrected chi connectivity index (χ4v) is 2.91. The Labute approximate surface area is 152 Å². The summed E-state index contributed by atoms with van der Waals surface area (Å²) in [6.07, 6.45) is 5.85. The Balaban J connectivity index is 1.56. The zero-order valence-electron chi connectivity index (χ0n) is 14.4. The van der Waals surface area contributed by atoms with Gasteiger partial charge < -0.3 is 10.2 Å². The molecule has 140 valence electrons. The van der Waals surface area contributed by atoms with Gasteiger partial charge in [-0.25, -0.2) is 15.1 Å². The molecule has 0 aromatic carbocycles. The molecule has 0 aliphatic heterocycles. The van der Waals surface area contributed by atoms with Crippen LogP contribution in [0.2, 0.25) is 0 Å². The number of carbonyl (C=O) groups is 1. The molecule has 0 aliphatic rings. The summed E-state index contributed by atoms with van der Waals surface area (Å²) in [5.41, 5.74) is 8.87. The van der Waals surface area contributed by atoms with Crippen LogP contribution in [0.3, 0.4) is 0 Å². The van der Waals surface area contributed by atoms with E-state index < -0.39 is 0 Å². The third kappa shape index (κ3) is 3.19. The van der Waals surface area contributed by atoms with Gasteiger partial charge in [0.05, 0.1) is 17.8 Å². The van der Waals surface area contributed by atoms with Crippen LogP contribution in [-0.2, 0) is 11.3 Å². The van der Waals surface area contributed by atoms with Crippen LogP contribution in [0.1, 0.15) is 25.7 Å². The number of rotatable bonds is 7. The number of unbranched alkanes of at least 4 members (excludes halogenated alkanes) is 2. The van der Waals surface area contributed by atoms with Gasteiger partial charge in [0.25, 0.3) is 0 Å². The standard InChI is InChI=1S/C16H18N8O3/c17-16-20-14-10(9-18-23(14)7-3-1-2-6-12(25)22-26)15-19-13(21-24(15)16)11-5-4-8-27-11/h4-5,8-9,26H,1-3,6-7H2,(H2,17,20)(H,22,25). The van der Waals surface area contributed by atoms with E-state index in [2.05, 4.69) is 20.2 Å². The predicted octanol–water partition coefficient (Wildman–Crippen LogP) is 1.38. The van der Waals surface area contributed by atoms with E-state index in [1.807, 2.05) is 0 Å². The van der Waals surface area contributed by atoms with Crippen molar-refractivity contribution in [2.24, 2.45) is 0 Å². The maximum absolute atomic E-state index is 11.0. The Morgan fingerprint density at radius 1 is 1.26 bits per heavy atom. The van der Waals surface area contributed by atoms with Gasteiger partial charge in [-0.15, -0.1) is 5.10 Å². The maximum Gasteiger partial charge on any atom is 0.243 e. The van der Waals surface area contributed by atoms with Crippen LogP contribution in [0, 0.1) is 0 Å². The summed E-state index contributed by atoms with van der Waals surface area (Å²) in [6, 6.07) is 3.54. The number of aryl methyl sites for hydroxylation is 1. The van der Waals surface area contributed by atoms with Crippen molar-refractivity contribution in [1.29, 1.82) is 0 Å². The van der Waals surface area contributed by atoms with Crippen LogP contribution >= 0.6 is 0 Å². The molecule has 1 amide bonds. The number of furan rings is 1. The quantitative estimate of drug-likeness (QED) is 0.251. The lowest BCUT2D eigenvalue weighted by atomic mass is 10.2. The van der Waals surface area contributed by atoms with E-state index in [4.69, 9.17) is 15.4 Å². The first-order valence-corrected chi connectivity index (χ1v) is 8.52. The topological polar surface area (TPSA) is 149 Å². The molecule has 0 spiro atoms. The number of carbonyl (C=O) groups excluding carboxylic acids is 1. The highest BCUT2D eigenvalue weighted by Gasteiger charge is 2.17. The van der Waals surface area contributed by atoms with Crippen LogP contribution in [0.25, 0.3) is 28.3 Å². The third-order valence-electron chi connectivity index (χ3n) is 4.24. The summed E-state index contributed by atoms with van der Waals surface area (Å²) < 4.78 is 8.58. The van der Waals surface area contributed by atoms with Crippen molar-refractivity contribution in [3.63, 3.8) is 0 Å². The minimum atomic E-state index is -0.379. The summed E-state index contributed by atoms with van der Waals surface area (Å²) >= 11 is 0. The molecule has 0 fully saturated rings. The lowest BCUT2D eigenvalue weighted by Gasteiger charge is -2.04. The number of hydrogen-bond acceptors (Lipinski definition) is 8. The van der Waals surface area contributed by atoms with Gasteiger partial charge in [0.1, 0.15) is 0 Å². The van der Waals surface area contributed by atoms with E-state index in [9.17, 15) is 4.79 Å². The van der Waals surface area contributed by atoms with Gasteiger partial charge >= 0.3 is 0 Å². The molecule has 4 heterocycles. The first kappa shape index (κ1) is 17.0. The van der Waals surface area contributed by atoms with E-state index >= 15 is 0 Å². The second-order valence-corrected chi connectivity index (χ2v) is 6.07. The van der Waals surface area contributed by atoms with Crippen LogP contribution in [-0.4, -0.2) is 40.5 Å². The van der Waals surface area contributed by atoms with E-state index in [-0.39, 0.29) is 18.3 Å². The molecular weight excluding hydrogens is 352 g/mol. The summed E-state index contributed by atoms with van der Waals surface area (Å²) in [7, 11) is 0. The van der Waals surface area contributed by atoms with Crippen molar-refractivity contribution in [3.8, 4) is 11.6 Å². The first-order chi connectivity index (χ1) is 13.2.